The summed E-state index contributed by atoms with van der Waals surface area (Å²) in [6, 6.07) is 0. The normalized spacial score (nSPS) is 11.1. The molecule has 100 valence electrons. The molecule has 6 heteroatoms. The number of hydrogen-bond donors (Lipinski definition) is 3. The van der Waals surface area contributed by atoms with Gasteiger partial charge in [0.25, 0.3) is 0 Å². The molecular weight excluding hydrogens is 222 g/mol. The van der Waals surface area contributed by atoms with Crippen LogP contribution in [-0.4, -0.2) is 45.2 Å². The number of nitrogens with two attached hydrogens (primary N) is 1. The number of methoxy groups -OCH3 is 1. The third-order valence-electron chi connectivity index (χ3n) is 2.35. The van der Waals surface area contributed by atoms with Crippen LogP contribution in [0.4, 0.5) is 0 Å². The zero-order valence-corrected chi connectivity index (χ0v) is 10.8. The SMILES string of the molecule is COCCC(C)(C)CNC(=O)C(=O)NCCN. The van der Waals surface area contributed by atoms with E-state index >= 15 is 0 Å². The Morgan fingerprint density at radius 2 is 1.82 bits per heavy atom. The quantitative estimate of drug-likeness (QED) is 0.514. The molecule has 2 amide bonds. The molecule has 0 aromatic carbocycles. The minimum absolute atomic E-state index is 0.0974. The number of carbonyl (C=O) groups excluding carboxylic acids is 2. The van der Waals surface area contributed by atoms with Gasteiger partial charge in [0.05, 0.1) is 0 Å². The molecule has 4 N–H and O–H groups in total. The van der Waals surface area contributed by atoms with E-state index in [9.17, 15) is 9.59 Å². The van der Waals surface area contributed by atoms with Crippen molar-refractivity contribution in [3.63, 3.8) is 0 Å². The fraction of sp³-hybridized carbons (Fsp3) is 0.818. The minimum atomic E-state index is -0.641. The molecule has 0 aliphatic rings. The molecule has 0 aromatic rings. The van der Waals surface area contributed by atoms with Gasteiger partial charge in [0.1, 0.15) is 0 Å². The van der Waals surface area contributed by atoms with E-state index in [0.717, 1.165) is 6.42 Å². The Bertz CT molecular complexity index is 254. The van der Waals surface area contributed by atoms with Crippen LogP contribution in [0.25, 0.3) is 0 Å². The maximum atomic E-state index is 11.4. The summed E-state index contributed by atoms with van der Waals surface area (Å²) in [6.45, 7) is 5.69. The van der Waals surface area contributed by atoms with E-state index in [1.165, 1.54) is 0 Å². The number of ether oxygens (including phenoxy) is 1. The molecule has 0 radical (unpaired) electrons. The number of carbonyl (C=O) groups is 2. The Morgan fingerprint density at radius 3 is 2.35 bits per heavy atom. The standard InChI is InChI=1S/C11H23N3O3/c1-11(2,4-7-17-3)8-14-10(16)9(15)13-6-5-12/h4-8,12H2,1-3H3,(H,13,15)(H,14,16). The highest BCUT2D eigenvalue weighted by atomic mass is 16.5. The first-order valence-electron chi connectivity index (χ1n) is 5.68. The van der Waals surface area contributed by atoms with Crippen molar-refractivity contribution in [2.45, 2.75) is 20.3 Å². The van der Waals surface area contributed by atoms with Crippen molar-refractivity contribution < 1.29 is 14.3 Å². The van der Waals surface area contributed by atoms with Crippen molar-refractivity contribution in [3.8, 4) is 0 Å². The second-order valence-electron chi connectivity index (χ2n) is 4.63. The van der Waals surface area contributed by atoms with E-state index in [1.54, 1.807) is 7.11 Å². The highest BCUT2D eigenvalue weighted by Gasteiger charge is 2.20. The highest BCUT2D eigenvalue weighted by molar-refractivity contribution is 6.35. The first-order chi connectivity index (χ1) is 7.93. The van der Waals surface area contributed by atoms with Gasteiger partial charge in [-0.1, -0.05) is 13.8 Å². The fourth-order valence-corrected chi connectivity index (χ4v) is 1.13. The Morgan fingerprint density at radius 1 is 1.24 bits per heavy atom. The Labute approximate surface area is 102 Å². The monoisotopic (exact) mass is 245 g/mol. The zero-order chi connectivity index (χ0) is 13.3. The van der Waals surface area contributed by atoms with Gasteiger partial charge in [0.2, 0.25) is 0 Å². The van der Waals surface area contributed by atoms with Crippen LogP contribution in [0.1, 0.15) is 20.3 Å². The molecule has 0 saturated carbocycles. The van der Waals surface area contributed by atoms with Gasteiger partial charge in [-0.15, -0.1) is 0 Å². The number of hydrogen-bond acceptors (Lipinski definition) is 4. The van der Waals surface area contributed by atoms with Crippen molar-refractivity contribution in [1.29, 1.82) is 0 Å². The second kappa shape index (κ2) is 8.03. The summed E-state index contributed by atoms with van der Waals surface area (Å²) in [4.78, 5) is 22.6. The molecule has 0 aromatic heterocycles. The molecule has 0 rings (SSSR count). The van der Waals surface area contributed by atoms with Crippen molar-refractivity contribution in [2.75, 3.05) is 33.4 Å². The van der Waals surface area contributed by atoms with Crippen LogP contribution in [0.2, 0.25) is 0 Å². The van der Waals surface area contributed by atoms with Crippen LogP contribution >= 0.6 is 0 Å². The molecular formula is C11H23N3O3. The van der Waals surface area contributed by atoms with Crippen LogP contribution in [0.5, 0.6) is 0 Å². The van der Waals surface area contributed by atoms with E-state index in [1.807, 2.05) is 13.8 Å². The number of rotatable bonds is 7. The lowest BCUT2D eigenvalue weighted by molar-refractivity contribution is -0.139. The van der Waals surface area contributed by atoms with Crippen molar-refractivity contribution >= 4 is 11.8 Å². The summed E-state index contributed by atoms with van der Waals surface area (Å²) in [5.41, 5.74) is 5.12. The van der Waals surface area contributed by atoms with Crippen LogP contribution in [0.3, 0.4) is 0 Å². The fourth-order valence-electron chi connectivity index (χ4n) is 1.13. The van der Waals surface area contributed by atoms with Gasteiger partial charge in [-0.05, 0) is 11.8 Å². The van der Waals surface area contributed by atoms with Crippen molar-refractivity contribution in [2.24, 2.45) is 11.1 Å². The second-order valence-corrected chi connectivity index (χ2v) is 4.63. The van der Waals surface area contributed by atoms with Gasteiger partial charge < -0.3 is 21.1 Å². The predicted molar refractivity (Wildman–Crippen MR) is 65.3 cm³/mol. The third-order valence-corrected chi connectivity index (χ3v) is 2.35. The molecule has 0 saturated heterocycles. The van der Waals surface area contributed by atoms with Gasteiger partial charge in [-0.3, -0.25) is 9.59 Å². The summed E-state index contributed by atoms with van der Waals surface area (Å²) in [7, 11) is 1.63. The van der Waals surface area contributed by atoms with E-state index in [0.29, 0.717) is 26.2 Å². The Hall–Kier alpha value is -1.14. The number of amides is 2. The van der Waals surface area contributed by atoms with Crippen LogP contribution in [0, 0.1) is 5.41 Å². The highest BCUT2D eigenvalue weighted by Crippen LogP contribution is 2.18. The first kappa shape index (κ1) is 15.9. The van der Waals surface area contributed by atoms with E-state index in [2.05, 4.69) is 10.6 Å². The Kier molecular flexibility index (Phi) is 7.49. The van der Waals surface area contributed by atoms with Gasteiger partial charge in [0, 0.05) is 33.4 Å². The van der Waals surface area contributed by atoms with Crippen LogP contribution in [0.15, 0.2) is 0 Å². The van der Waals surface area contributed by atoms with Gasteiger partial charge in [-0.2, -0.15) is 0 Å². The summed E-state index contributed by atoms with van der Waals surface area (Å²) in [6.07, 6.45) is 0.814. The summed E-state index contributed by atoms with van der Waals surface area (Å²) in [5.74, 6) is -1.26. The zero-order valence-electron chi connectivity index (χ0n) is 10.8. The molecule has 0 heterocycles. The van der Waals surface area contributed by atoms with Gasteiger partial charge in [-0.25, -0.2) is 0 Å². The third kappa shape index (κ3) is 7.70. The lowest BCUT2D eigenvalue weighted by Gasteiger charge is -2.24. The largest absolute Gasteiger partial charge is 0.385 e. The Balaban J connectivity index is 3.93. The van der Waals surface area contributed by atoms with Crippen molar-refractivity contribution in [3.05, 3.63) is 0 Å². The smallest absolute Gasteiger partial charge is 0.309 e. The van der Waals surface area contributed by atoms with Crippen molar-refractivity contribution in [1.82, 2.24) is 10.6 Å². The maximum Gasteiger partial charge on any atom is 0.309 e. The van der Waals surface area contributed by atoms with Gasteiger partial charge >= 0.3 is 11.8 Å². The summed E-state index contributed by atoms with van der Waals surface area (Å²) >= 11 is 0. The summed E-state index contributed by atoms with van der Waals surface area (Å²) in [5, 5.41) is 5.00. The van der Waals surface area contributed by atoms with Crippen LogP contribution in [-0.2, 0) is 14.3 Å². The van der Waals surface area contributed by atoms with Gasteiger partial charge in [0.15, 0.2) is 0 Å². The molecule has 0 atom stereocenters. The van der Waals surface area contributed by atoms with Crippen LogP contribution < -0.4 is 16.4 Å². The molecule has 6 nitrogen and oxygen atoms in total. The van der Waals surface area contributed by atoms with E-state index < -0.39 is 11.8 Å². The summed E-state index contributed by atoms with van der Waals surface area (Å²) < 4.78 is 4.98. The average Bonchev–Trinajstić information content (AvgIpc) is 2.30. The molecule has 0 fully saturated rings. The predicted octanol–water partition coefficient (Wildman–Crippen LogP) is -0.760. The molecule has 0 aliphatic carbocycles. The first-order valence-corrected chi connectivity index (χ1v) is 5.68. The number of nitrogens with one attached hydrogen (secondary N) is 2. The van der Waals surface area contributed by atoms with E-state index in [4.69, 9.17) is 10.5 Å². The topological polar surface area (TPSA) is 93.4 Å². The average molecular weight is 245 g/mol. The molecule has 17 heavy (non-hydrogen) atoms. The lowest BCUT2D eigenvalue weighted by Crippen LogP contribution is -2.44. The maximum absolute atomic E-state index is 11.4. The van der Waals surface area contributed by atoms with E-state index in [-0.39, 0.29) is 5.41 Å². The molecule has 0 unspecified atom stereocenters. The lowest BCUT2D eigenvalue weighted by atomic mass is 9.90. The molecule has 0 aliphatic heterocycles. The molecule has 0 spiro atoms. The minimum Gasteiger partial charge on any atom is -0.385 e. The molecule has 0 bridgehead atoms.